The van der Waals surface area contributed by atoms with Gasteiger partial charge in [0.1, 0.15) is 5.82 Å². The number of nitrogens with one attached hydrogen (secondary N) is 1. The molecule has 7 heteroatoms. The zero-order chi connectivity index (χ0) is 15.3. The molecule has 0 spiro atoms. The molecule has 0 bridgehead atoms. The van der Waals surface area contributed by atoms with Gasteiger partial charge in [-0.1, -0.05) is 18.2 Å². The van der Waals surface area contributed by atoms with Crippen molar-refractivity contribution >= 4 is 16.6 Å². The van der Waals surface area contributed by atoms with E-state index in [1.165, 1.54) is 12.3 Å². The number of benzene rings is 1. The summed E-state index contributed by atoms with van der Waals surface area (Å²) < 4.78 is 50.2. The van der Waals surface area contributed by atoms with E-state index in [1.54, 1.807) is 24.3 Å². The van der Waals surface area contributed by atoms with Crippen molar-refractivity contribution in [1.29, 1.82) is 0 Å². The van der Waals surface area contributed by atoms with Gasteiger partial charge in [-0.3, -0.25) is 4.21 Å². The zero-order valence-corrected chi connectivity index (χ0v) is 11.7. The molecule has 0 radical (unpaired) electrons. The van der Waals surface area contributed by atoms with Gasteiger partial charge in [0.2, 0.25) is 0 Å². The van der Waals surface area contributed by atoms with Gasteiger partial charge >= 0.3 is 6.18 Å². The lowest BCUT2D eigenvalue weighted by molar-refractivity contribution is -0.137. The van der Waals surface area contributed by atoms with Gasteiger partial charge in [-0.05, 0) is 24.3 Å². The van der Waals surface area contributed by atoms with Crippen molar-refractivity contribution in [2.45, 2.75) is 11.1 Å². The normalized spacial score (nSPS) is 12.9. The summed E-state index contributed by atoms with van der Waals surface area (Å²) in [6.45, 7) is 0.140. The summed E-state index contributed by atoms with van der Waals surface area (Å²) >= 11 is 0. The van der Waals surface area contributed by atoms with Crippen molar-refractivity contribution in [3.05, 3.63) is 54.2 Å². The van der Waals surface area contributed by atoms with Crippen LogP contribution in [0.4, 0.5) is 19.0 Å². The quantitative estimate of drug-likeness (QED) is 0.920. The molecule has 0 saturated heterocycles. The van der Waals surface area contributed by atoms with Crippen molar-refractivity contribution in [2.75, 3.05) is 17.6 Å². The van der Waals surface area contributed by atoms with E-state index in [0.29, 0.717) is 4.90 Å². The molecule has 0 aliphatic heterocycles. The van der Waals surface area contributed by atoms with Crippen LogP contribution < -0.4 is 5.32 Å². The van der Waals surface area contributed by atoms with Crippen molar-refractivity contribution in [3.8, 4) is 0 Å². The number of hydrogen-bond donors (Lipinski definition) is 1. The Hall–Kier alpha value is -1.89. The van der Waals surface area contributed by atoms with Gasteiger partial charge in [0.15, 0.2) is 0 Å². The Morgan fingerprint density at radius 3 is 2.48 bits per heavy atom. The van der Waals surface area contributed by atoms with Gasteiger partial charge in [-0.15, -0.1) is 0 Å². The Kier molecular flexibility index (Phi) is 4.95. The summed E-state index contributed by atoms with van der Waals surface area (Å²) in [5.74, 6) is -0.0344. The Morgan fingerprint density at radius 1 is 1.10 bits per heavy atom. The fraction of sp³-hybridized carbons (Fsp3) is 0.214. The van der Waals surface area contributed by atoms with Crippen molar-refractivity contribution in [3.63, 3.8) is 0 Å². The molecular formula is C14H13F3N2OS. The molecule has 0 aliphatic carbocycles. The first kappa shape index (κ1) is 15.5. The highest BCUT2D eigenvalue weighted by Crippen LogP contribution is 2.33. The molecule has 2 rings (SSSR count). The molecule has 112 valence electrons. The lowest BCUT2D eigenvalue weighted by Crippen LogP contribution is -2.16. The van der Waals surface area contributed by atoms with E-state index < -0.39 is 22.5 Å². The molecule has 2 aromatic rings. The van der Waals surface area contributed by atoms with E-state index in [9.17, 15) is 17.4 Å². The van der Waals surface area contributed by atoms with Crippen LogP contribution in [0.2, 0.25) is 0 Å². The van der Waals surface area contributed by atoms with Gasteiger partial charge < -0.3 is 5.32 Å². The second-order valence-corrected chi connectivity index (χ2v) is 5.76. The molecule has 3 nitrogen and oxygen atoms in total. The molecule has 1 aromatic carbocycles. The van der Waals surface area contributed by atoms with Crippen LogP contribution in [0.15, 0.2) is 53.6 Å². The maximum absolute atomic E-state index is 12.8. The van der Waals surface area contributed by atoms with Gasteiger partial charge in [0.25, 0.3) is 0 Å². The van der Waals surface area contributed by atoms with Gasteiger partial charge in [0, 0.05) is 23.4 Å². The van der Waals surface area contributed by atoms with Gasteiger partial charge in [-0.2, -0.15) is 13.2 Å². The molecule has 0 unspecified atom stereocenters. The molecule has 21 heavy (non-hydrogen) atoms. The van der Waals surface area contributed by atoms with E-state index in [2.05, 4.69) is 10.3 Å². The van der Waals surface area contributed by atoms with Crippen LogP contribution in [0.1, 0.15) is 5.56 Å². The van der Waals surface area contributed by atoms with Crippen molar-refractivity contribution < 1.29 is 17.4 Å². The van der Waals surface area contributed by atoms with E-state index in [1.807, 2.05) is 6.07 Å². The van der Waals surface area contributed by atoms with E-state index in [4.69, 9.17) is 0 Å². The maximum atomic E-state index is 12.8. The fourth-order valence-electron chi connectivity index (χ4n) is 1.73. The minimum atomic E-state index is -4.46. The summed E-state index contributed by atoms with van der Waals surface area (Å²) in [4.78, 5) is 4.33. The number of halogens is 3. The Balaban J connectivity index is 1.97. The summed E-state index contributed by atoms with van der Waals surface area (Å²) in [5.41, 5.74) is -0.824. The second-order valence-electron chi connectivity index (χ2n) is 4.19. The molecule has 0 amide bonds. The zero-order valence-electron chi connectivity index (χ0n) is 10.9. The SMILES string of the molecule is O=[S@](CCNc1ncccc1C(F)(F)F)c1ccccc1. The fourth-order valence-corrected chi connectivity index (χ4v) is 2.71. The average molecular weight is 314 g/mol. The Labute approximate surface area is 122 Å². The number of pyridine rings is 1. The number of nitrogens with zero attached hydrogens (tertiary/aromatic N) is 1. The highest BCUT2D eigenvalue weighted by atomic mass is 32.2. The molecular weight excluding hydrogens is 301 g/mol. The molecule has 0 fully saturated rings. The predicted molar refractivity (Wildman–Crippen MR) is 75.4 cm³/mol. The monoisotopic (exact) mass is 314 g/mol. The molecule has 0 aliphatic rings. The highest BCUT2D eigenvalue weighted by molar-refractivity contribution is 7.85. The third-order valence-electron chi connectivity index (χ3n) is 2.70. The largest absolute Gasteiger partial charge is 0.419 e. The first-order chi connectivity index (χ1) is 9.98. The third kappa shape index (κ3) is 4.29. The molecule has 0 saturated carbocycles. The standard InChI is InChI=1S/C14H13F3N2OS/c15-14(16,17)12-7-4-8-18-13(12)19-9-10-21(20)11-5-2-1-3-6-11/h1-8H,9-10H2,(H,18,19)/t21-/m1/s1. The lowest BCUT2D eigenvalue weighted by Gasteiger charge is -2.12. The number of aromatic nitrogens is 1. The molecule has 1 aromatic heterocycles. The summed E-state index contributed by atoms with van der Waals surface area (Å²) in [7, 11) is -1.26. The number of hydrogen-bond acceptors (Lipinski definition) is 3. The van der Waals surface area contributed by atoms with Crippen LogP contribution in [0.5, 0.6) is 0 Å². The smallest absolute Gasteiger partial charge is 0.369 e. The maximum Gasteiger partial charge on any atom is 0.419 e. The van der Waals surface area contributed by atoms with Gasteiger partial charge in [0.05, 0.1) is 16.4 Å². The van der Waals surface area contributed by atoms with E-state index in [-0.39, 0.29) is 18.1 Å². The topological polar surface area (TPSA) is 42.0 Å². The second kappa shape index (κ2) is 6.71. The van der Waals surface area contributed by atoms with Crippen molar-refractivity contribution in [1.82, 2.24) is 4.98 Å². The van der Waals surface area contributed by atoms with Crippen LogP contribution in [0.25, 0.3) is 0 Å². The first-order valence-electron chi connectivity index (χ1n) is 6.18. The third-order valence-corrected chi connectivity index (χ3v) is 4.07. The van der Waals surface area contributed by atoms with Crippen LogP contribution in [0.3, 0.4) is 0 Å². The molecule has 1 N–H and O–H groups in total. The van der Waals surface area contributed by atoms with Crippen LogP contribution >= 0.6 is 0 Å². The minimum absolute atomic E-state index is 0.140. The van der Waals surface area contributed by atoms with Crippen LogP contribution in [-0.2, 0) is 17.0 Å². The van der Waals surface area contributed by atoms with E-state index in [0.717, 1.165) is 6.07 Å². The van der Waals surface area contributed by atoms with Crippen LogP contribution in [-0.4, -0.2) is 21.5 Å². The summed E-state index contributed by atoms with van der Waals surface area (Å²) in [5, 5.41) is 2.60. The Morgan fingerprint density at radius 2 is 1.81 bits per heavy atom. The summed E-state index contributed by atoms with van der Waals surface area (Å²) in [6.07, 6.45) is -3.18. The number of alkyl halides is 3. The predicted octanol–water partition coefficient (Wildman–Crippen LogP) is 3.32. The highest BCUT2D eigenvalue weighted by Gasteiger charge is 2.33. The Bertz CT molecular complexity index is 617. The van der Waals surface area contributed by atoms with Crippen molar-refractivity contribution in [2.24, 2.45) is 0 Å². The lowest BCUT2D eigenvalue weighted by atomic mass is 10.2. The molecule has 1 atom stereocenters. The summed E-state index contributed by atoms with van der Waals surface area (Å²) in [6, 6.07) is 11.0. The van der Waals surface area contributed by atoms with Crippen LogP contribution in [0, 0.1) is 0 Å². The first-order valence-corrected chi connectivity index (χ1v) is 7.50. The average Bonchev–Trinajstić information content (AvgIpc) is 2.47. The molecule has 1 heterocycles. The van der Waals surface area contributed by atoms with Gasteiger partial charge in [-0.25, -0.2) is 4.98 Å². The van der Waals surface area contributed by atoms with E-state index >= 15 is 0 Å². The number of rotatable bonds is 5. The minimum Gasteiger partial charge on any atom is -0.369 e. The number of anilines is 1.